The highest BCUT2D eigenvalue weighted by molar-refractivity contribution is 7.86. The van der Waals surface area contributed by atoms with E-state index in [1.807, 2.05) is 0 Å². The van der Waals surface area contributed by atoms with Gasteiger partial charge in [-0.2, -0.15) is 8.42 Å². The number of hydrogen-bond donors (Lipinski definition) is 5. The Morgan fingerprint density at radius 2 is 1.80 bits per heavy atom. The molecule has 0 aromatic heterocycles. The van der Waals surface area contributed by atoms with Crippen LogP contribution in [0.4, 0.5) is 0 Å². The Labute approximate surface area is 147 Å². The van der Waals surface area contributed by atoms with Gasteiger partial charge in [-0.15, -0.1) is 0 Å². The zero-order chi connectivity index (χ0) is 19.9. The van der Waals surface area contributed by atoms with Crippen molar-refractivity contribution in [1.29, 1.82) is 0 Å². The van der Waals surface area contributed by atoms with Gasteiger partial charge < -0.3 is 26.4 Å². The Bertz CT molecular complexity index is 551. The van der Waals surface area contributed by atoms with Crippen LogP contribution < -0.4 is 11.1 Å². The van der Waals surface area contributed by atoms with E-state index in [0.29, 0.717) is 6.42 Å². The number of nitrogens with two attached hydrogens (primary N) is 1. The van der Waals surface area contributed by atoms with Gasteiger partial charge in [0.15, 0.2) is 0 Å². The SMILES string of the molecule is C=CC(=O)NCOS(=O)(=O)CCC.NC(=O)C(CCO)=C(CO)CO. The van der Waals surface area contributed by atoms with E-state index in [-0.39, 0.29) is 36.7 Å². The average molecular weight is 382 g/mol. The fourth-order valence-electron chi connectivity index (χ4n) is 1.40. The number of aliphatic hydroxyl groups is 3. The van der Waals surface area contributed by atoms with Crippen molar-refractivity contribution in [3.8, 4) is 0 Å². The monoisotopic (exact) mass is 382 g/mol. The maximum atomic E-state index is 10.9. The third-order valence-corrected chi connectivity index (χ3v) is 3.98. The molecule has 10 nitrogen and oxygen atoms in total. The lowest BCUT2D eigenvalue weighted by molar-refractivity contribution is -0.117. The zero-order valence-electron chi connectivity index (χ0n) is 14.1. The van der Waals surface area contributed by atoms with E-state index in [0.717, 1.165) is 6.08 Å². The summed E-state index contributed by atoms with van der Waals surface area (Å²) >= 11 is 0. The molecule has 0 aliphatic heterocycles. The fourth-order valence-corrected chi connectivity index (χ4v) is 2.25. The third-order valence-electron chi connectivity index (χ3n) is 2.59. The highest BCUT2D eigenvalue weighted by Gasteiger charge is 2.10. The Hall–Kier alpha value is -1.79. The number of primary amides is 1. The number of rotatable bonds is 11. The number of amides is 2. The normalized spacial score (nSPS) is 10.2. The van der Waals surface area contributed by atoms with Gasteiger partial charge in [0.1, 0.15) is 6.73 Å². The highest BCUT2D eigenvalue weighted by Crippen LogP contribution is 2.06. The molecule has 0 aromatic rings. The smallest absolute Gasteiger partial charge is 0.269 e. The highest BCUT2D eigenvalue weighted by atomic mass is 32.2. The summed E-state index contributed by atoms with van der Waals surface area (Å²) in [6.45, 7) is 3.50. The third kappa shape index (κ3) is 13.2. The molecule has 0 fully saturated rings. The molecule has 0 bridgehead atoms. The van der Waals surface area contributed by atoms with Crippen molar-refractivity contribution in [2.24, 2.45) is 5.73 Å². The summed E-state index contributed by atoms with van der Waals surface area (Å²) in [5.74, 6) is -1.23. The predicted molar refractivity (Wildman–Crippen MR) is 90.5 cm³/mol. The van der Waals surface area contributed by atoms with E-state index < -0.39 is 35.1 Å². The quantitative estimate of drug-likeness (QED) is 0.157. The van der Waals surface area contributed by atoms with E-state index in [1.54, 1.807) is 6.92 Å². The number of carbonyl (C=O) groups excluding carboxylic acids is 2. The predicted octanol–water partition coefficient (Wildman–Crippen LogP) is -1.86. The van der Waals surface area contributed by atoms with Crippen molar-refractivity contribution in [2.75, 3.05) is 32.3 Å². The molecule has 0 heterocycles. The van der Waals surface area contributed by atoms with Crippen LogP contribution in [0.25, 0.3) is 0 Å². The Morgan fingerprint density at radius 1 is 1.24 bits per heavy atom. The molecule has 0 rings (SSSR count). The van der Waals surface area contributed by atoms with E-state index in [4.69, 9.17) is 21.1 Å². The van der Waals surface area contributed by atoms with Crippen LogP contribution >= 0.6 is 0 Å². The molecule has 0 saturated heterocycles. The van der Waals surface area contributed by atoms with Crippen LogP contribution in [0.5, 0.6) is 0 Å². The van der Waals surface area contributed by atoms with Gasteiger partial charge in [0, 0.05) is 18.6 Å². The van der Waals surface area contributed by atoms with Crippen LogP contribution in [-0.4, -0.2) is 67.9 Å². The minimum atomic E-state index is -3.48. The molecule has 25 heavy (non-hydrogen) atoms. The molecule has 6 N–H and O–H groups in total. The molecule has 0 aliphatic carbocycles. The molecular formula is C14H26N2O8S. The molecule has 2 amide bonds. The first-order valence-electron chi connectivity index (χ1n) is 7.29. The van der Waals surface area contributed by atoms with Crippen LogP contribution in [0.15, 0.2) is 23.8 Å². The van der Waals surface area contributed by atoms with Gasteiger partial charge in [0.2, 0.25) is 11.8 Å². The van der Waals surface area contributed by atoms with Gasteiger partial charge in [-0.1, -0.05) is 13.5 Å². The average Bonchev–Trinajstić information content (AvgIpc) is 2.55. The van der Waals surface area contributed by atoms with Crippen LogP contribution in [0.3, 0.4) is 0 Å². The largest absolute Gasteiger partial charge is 0.396 e. The fraction of sp³-hybridized carbons (Fsp3) is 0.571. The zero-order valence-corrected chi connectivity index (χ0v) is 14.9. The van der Waals surface area contributed by atoms with Gasteiger partial charge in [0.25, 0.3) is 10.1 Å². The van der Waals surface area contributed by atoms with Gasteiger partial charge in [-0.3, -0.25) is 9.59 Å². The number of aliphatic hydroxyl groups excluding tert-OH is 3. The molecule has 146 valence electrons. The second-order valence-electron chi connectivity index (χ2n) is 4.51. The van der Waals surface area contributed by atoms with E-state index in [2.05, 4.69) is 16.1 Å². The minimum absolute atomic E-state index is 0.0447. The molecule has 0 aromatic carbocycles. The summed E-state index contributed by atoms with van der Waals surface area (Å²) in [4.78, 5) is 21.2. The van der Waals surface area contributed by atoms with Crippen LogP contribution in [0.1, 0.15) is 19.8 Å². The molecule has 0 saturated carbocycles. The van der Waals surface area contributed by atoms with E-state index in [9.17, 15) is 18.0 Å². The van der Waals surface area contributed by atoms with Gasteiger partial charge >= 0.3 is 0 Å². The number of carbonyl (C=O) groups is 2. The number of hydrogen-bond acceptors (Lipinski definition) is 8. The molecule has 0 atom stereocenters. The molecule has 0 aliphatic rings. The van der Waals surface area contributed by atoms with Gasteiger partial charge in [-0.25, -0.2) is 4.18 Å². The topological polar surface area (TPSA) is 176 Å². The van der Waals surface area contributed by atoms with E-state index in [1.165, 1.54) is 0 Å². The first-order valence-corrected chi connectivity index (χ1v) is 8.87. The van der Waals surface area contributed by atoms with Gasteiger partial charge in [0.05, 0.1) is 19.0 Å². The summed E-state index contributed by atoms with van der Waals surface area (Å²) in [6, 6.07) is 0. The number of nitrogens with one attached hydrogen (secondary N) is 1. The van der Waals surface area contributed by atoms with Crippen molar-refractivity contribution < 1.29 is 37.5 Å². The van der Waals surface area contributed by atoms with Crippen LogP contribution in [0, 0.1) is 0 Å². The van der Waals surface area contributed by atoms with Crippen molar-refractivity contribution in [3.05, 3.63) is 23.8 Å². The standard InChI is InChI=1S/C7H13NO4S.C7H13NO4/c1-3-5-13(10,11)12-6-8-7(9)4-2;8-7(12)6(1-2-9)5(3-10)4-11/h4H,2-3,5-6H2,1H3,(H,8,9);9-11H,1-4H2,(H2,8,12). The van der Waals surface area contributed by atoms with E-state index >= 15 is 0 Å². The summed E-state index contributed by atoms with van der Waals surface area (Å²) in [5.41, 5.74) is 5.21. The van der Waals surface area contributed by atoms with Gasteiger partial charge in [-0.05, 0) is 18.1 Å². The molecule has 0 radical (unpaired) electrons. The Morgan fingerprint density at radius 3 is 2.16 bits per heavy atom. The molecule has 11 heteroatoms. The van der Waals surface area contributed by atoms with Crippen LogP contribution in [0.2, 0.25) is 0 Å². The van der Waals surface area contributed by atoms with Crippen LogP contribution in [-0.2, 0) is 23.9 Å². The Balaban J connectivity index is 0. The minimum Gasteiger partial charge on any atom is -0.396 e. The summed E-state index contributed by atoms with van der Waals surface area (Å²) in [6.07, 6.45) is 1.58. The van der Waals surface area contributed by atoms with Crippen molar-refractivity contribution in [3.63, 3.8) is 0 Å². The molecule has 0 unspecified atom stereocenters. The first kappa shape index (κ1) is 25.5. The second-order valence-corrected chi connectivity index (χ2v) is 6.26. The van der Waals surface area contributed by atoms with Crippen molar-refractivity contribution in [2.45, 2.75) is 19.8 Å². The first-order chi connectivity index (χ1) is 11.7. The maximum absolute atomic E-state index is 10.9. The van der Waals surface area contributed by atoms with Crippen molar-refractivity contribution in [1.82, 2.24) is 5.32 Å². The second kappa shape index (κ2) is 14.5. The lowest BCUT2D eigenvalue weighted by Crippen LogP contribution is -2.26. The molecular weight excluding hydrogens is 356 g/mol. The maximum Gasteiger partial charge on any atom is 0.269 e. The molecule has 0 spiro atoms. The summed E-state index contributed by atoms with van der Waals surface area (Å²) in [7, 11) is -3.48. The lowest BCUT2D eigenvalue weighted by atomic mass is 10.1. The van der Waals surface area contributed by atoms with Crippen molar-refractivity contribution >= 4 is 21.9 Å². The summed E-state index contributed by atoms with van der Waals surface area (Å²) < 4.78 is 26.2. The lowest BCUT2D eigenvalue weighted by Gasteiger charge is -2.06. The summed E-state index contributed by atoms with van der Waals surface area (Å²) in [5, 5.41) is 28.0. The Kier molecular flexibility index (Phi) is 14.8.